The van der Waals surface area contributed by atoms with Crippen molar-refractivity contribution in [3.8, 4) is 0 Å². The van der Waals surface area contributed by atoms with Crippen LogP contribution in [-0.4, -0.2) is 39.5 Å². The van der Waals surface area contributed by atoms with Gasteiger partial charge in [0.05, 0.1) is 11.6 Å². The van der Waals surface area contributed by atoms with Crippen LogP contribution in [0.4, 0.5) is 5.69 Å². The molecular weight excluding hydrogens is 312 g/mol. The van der Waals surface area contributed by atoms with Crippen LogP contribution in [0.25, 0.3) is 0 Å². The molecule has 1 heterocycles. The summed E-state index contributed by atoms with van der Waals surface area (Å²) in [6.07, 6.45) is 1.94. The molecule has 0 amide bonds. The van der Waals surface area contributed by atoms with Crippen molar-refractivity contribution in [1.29, 1.82) is 0 Å². The number of benzene rings is 1. The van der Waals surface area contributed by atoms with Gasteiger partial charge in [-0.1, -0.05) is 11.6 Å². The number of halogens is 1. The van der Waals surface area contributed by atoms with E-state index in [1.165, 1.54) is 10.4 Å². The molecule has 1 aromatic carbocycles. The molecular formula is C14H21ClN2O3S. The molecule has 0 aromatic heterocycles. The number of rotatable bonds is 4. The maximum Gasteiger partial charge on any atom is 0.244 e. The lowest BCUT2D eigenvalue weighted by Gasteiger charge is -2.27. The quantitative estimate of drug-likeness (QED) is 0.858. The van der Waals surface area contributed by atoms with Crippen LogP contribution in [0.3, 0.4) is 0 Å². The first-order chi connectivity index (χ1) is 9.82. The smallest absolute Gasteiger partial charge is 0.244 e. The SMILES string of the molecule is Cc1cc(Cl)c(S(=O)(=O)N(C)CC2CCCOC2)cc1N. The predicted molar refractivity (Wildman–Crippen MR) is 84.0 cm³/mol. The number of nitrogens with two attached hydrogens (primary N) is 1. The Morgan fingerprint density at radius 3 is 2.81 bits per heavy atom. The Morgan fingerprint density at radius 2 is 2.19 bits per heavy atom. The Morgan fingerprint density at radius 1 is 1.48 bits per heavy atom. The molecule has 1 fully saturated rings. The second kappa shape index (κ2) is 6.52. The molecule has 118 valence electrons. The van der Waals surface area contributed by atoms with Gasteiger partial charge in [0.2, 0.25) is 10.0 Å². The fraction of sp³-hybridized carbons (Fsp3) is 0.571. The Bertz CT molecular complexity index is 613. The van der Waals surface area contributed by atoms with Crippen LogP contribution >= 0.6 is 11.6 Å². The lowest BCUT2D eigenvalue weighted by atomic mass is 10.0. The van der Waals surface area contributed by atoms with E-state index >= 15 is 0 Å². The Kier molecular flexibility index (Phi) is 5.14. The number of ether oxygens (including phenoxy) is 1. The second-order valence-corrected chi connectivity index (χ2v) is 7.93. The minimum absolute atomic E-state index is 0.0616. The van der Waals surface area contributed by atoms with Crippen molar-refractivity contribution in [3.63, 3.8) is 0 Å². The van der Waals surface area contributed by atoms with Crippen molar-refractivity contribution >= 4 is 27.3 Å². The Balaban J connectivity index is 2.22. The van der Waals surface area contributed by atoms with Crippen LogP contribution in [0.2, 0.25) is 5.02 Å². The second-order valence-electron chi connectivity index (χ2n) is 5.51. The van der Waals surface area contributed by atoms with Gasteiger partial charge in [0, 0.05) is 25.9 Å². The summed E-state index contributed by atoms with van der Waals surface area (Å²) in [7, 11) is -2.08. The summed E-state index contributed by atoms with van der Waals surface area (Å²) in [5.74, 6) is 0.222. The highest BCUT2D eigenvalue weighted by Gasteiger charge is 2.27. The molecule has 0 radical (unpaired) electrons. The molecule has 1 unspecified atom stereocenters. The summed E-state index contributed by atoms with van der Waals surface area (Å²) < 4.78 is 32.0. The highest BCUT2D eigenvalue weighted by Crippen LogP contribution is 2.29. The maximum atomic E-state index is 12.6. The first-order valence-electron chi connectivity index (χ1n) is 6.92. The van der Waals surface area contributed by atoms with Gasteiger partial charge in [-0.25, -0.2) is 12.7 Å². The first kappa shape index (κ1) is 16.5. The van der Waals surface area contributed by atoms with Gasteiger partial charge < -0.3 is 10.5 Å². The number of hydrogen-bond acceptors (Lipinski definition) is 4. The van der Waals surface area contributed by atoms with E-state index in [0.29, 0.717) is 18.8 Å². The number of nitrogen functional groups attached to an aromatic ring is 1. The van der Waals surface area contributed by atoms with E-state index in [9.17, 15) is 8.42 Å². The first-order valence-corrected chi connectivity index (χ1v) is 8.74. The van der Waals surface area contributed by atoms with Gasteiger partial charge >= 0.3 is 0 Å². The van der Waals surface area contributed by atoms with Gasteiger partial charge in [-0.2, -0.15) is 0 Å². The highest BCUT2D eigenvalue weighted by atomic mass is 35.5. The maximum absolute atomic E-state index is 12.6. The highest BCUT2D eigenvalue weighted by molar-refractivity contribution is 7.89. The summed E-state index contributed by atoms with van der Waals surface area (Å²) in [5, 5.41) is 0.202. The summed E-state index contributed by atoms with van der Waals surface area (Å²) in [6.45, 7) is 3.57. The van der Waals surface area contributed by atoms with Gasteiger partial charge in [-0.3, -0.25) is 0 Å². The van der Waals surface area contributed by atoms with E-state index in [-0.39, 0.29) is 15.8 Å². The largest absolute Gasteiger partial charge is 0.398 e. The minimum atomic E-state index is -3.64. The molecule has 7 heteroatoms. The molecule has 2 N–H and O–H groups in total. The average molecular weight is 333 g/mol. The van der Waals surface area contributed by atoms with Gasteiger partial charge in [-0.05, 0) is 43.4 Å². The van der Waals surface area contributed by atoms with E-state index in [1.54, 1.807) is 20.0 Å². The topological polar surface area (TPSA) is 72.6 Å². The lowest BCUT2D eigenvalue weighted by molar-refractivity contribution is 0.0495. The van der Waals surface area contributed by atoms with Gasteiger partial charge in [0.25, 0.3) is 0 Å². The molecule has 5 nitrogen and oxygen atoms in total. The number of anilines is 1. The van der Waals surface area contributed by atoms with Crippen molar-refractivity contribution in [3.05, 3.63) is 22.7 Å². The van der Waals surface area contributed by atoms with Crippen LogP contribution in [0.15, 0.2) is 17.0 Å². The molecule has 1 atom stereocenters. The molecule has 0 spiro atoms. The van der Waals surface area contributed by atoms with Gasteiger partial charge in [0.15, 0.2) is 0 Å². The van der Waals surface area contributed by atoms with Crippen molar-refractivity contribution in [1.82, 2.24) is 4.31 Å². The van der Waals surface area contributed by atoms with Crippen molar-refractivity contribution in [2.75, 3.05) is 32.5 Å². The fourth-order valence-corrected chi connectivity index (χ4v) is 4.28. The van der Waals surface area contributed by atoms with E-state index in [2.05, 4.69) is 0 Å². The van der Waals surface area contributed by atoms with Crippen LogP contribution in [0.5, 0.6) is 0 Å². The molecule has 0 bridgehead atoms. The van der Waals surface area contributed by atoms with E-state index < -0.39 is 10.0 Å². The van der Waals surface area contributed by atoms with Gasteiger partial charge in [0.1, 0.15) is 4.90 Å². The molecule has 0 aliphatic carbocycles. The summed E-state index contributed by atoms with van der Waals surface area (Å²) in [4.78, 5) is 0.0616. The minimum Gasteiger partial charge on any atom is -0.398 e. The van der Waals surface area contributed by atoms with Crippen LogP contribution in [-0.2, 0) is 14.8 Å². The monoisotopic (exact) mass is 332 g/mol. The third kappa shape index (κ3) is 3.69. The lowest BCUT2D eigenvalue weighted by Crippen LogP contribution is -2.35. The van der Waals surface area contributed by atoms with Crippen LogP contribution < -0.4 is 5.73 Å². The number of sulfonamides is 1. The standard InChI is InChI=1S/C14H21ClN2O3S/c1-10-6-12(15)14(7-13(10)16)21(18,19)17(2)8-11-4-3-5-20-9-11/h6-7,11H,3-5,8-9,16H2,1-2H3. The molecule has 0 saturated carbocycles. The number of aryl methyl sites for hydroxylation is 1. The molecule has 2 rings (SSSR count). The summed E-state index contributed by atoms with van der Waals surface area (Å²) in [5.41, 5.74) is 7.00. The van der Waals surface area contributed by atoms with Crippen molar-refractivity contribution in [2.24, 2.45) is 5.92 Å². The molecule has 1 aliphatic rings. The third-order valence-corrected chi connectivity index (χ3v) is 6.07. The van der Waals surface area contributed by atoms with Crippen LogP contribution in [0.1, 0.15) is 18.4 Å². The normalized spacial score (nSPS) is 19.9. The molecule has 1 aliphatic heterocycles. The number of hydrogen-bond donors (Lipinski definition) is 1. The predicted octanol–water partition coefficient (Wildman–Crippen LogP) is 2.28. The Hall–Kier alpha value is -0.820. The third-order valence-electron chi connectivity index (χ3n) is 3.78. The Labute approximate surface area is 131 Å². The number of nitrogens with zero attached hydrogens (tertiary/aromatic N) is 1. The zero-order chi connectivity index (χ0) is 15.6. The van der Waals surface area contributed by atoms with E-state index in [1.807, 2.05) is 0 Å². The van der Waals surface area contributed by atoms with E-state index in [4.69, 9.17) is 22.1 Å². The summed E-state index contributed by atoms with van der Waals surface area (Å²) >= 11 is 6.09. The van der Waals surface area contributed by atoms with E-state index in [0.717, 1.165) is 25.0 Å². The van der Waals surface area contributed by atoms with Gasteiger partial charge in [-0.15, -0.1) is 0 Å². The molecule has 1 saturated heterocycles. The average Bonchev–Trinajstić information content (AvgIpc) is 2.43. The summed E-state index contributed by atoms with van der Waals surface area (Å²) in [6, 6.07) is 3.02. The molecule has 21 heavy (non-hydrogen) atoms. The zero-order valence-electron chi connectivity index (χ0n) is 12.3. The fourth-order valence-electron chi connectivity index (χ4n) is 2.45. The van der Waals surface area contributed by atoms with Crippen LogP contribution in [0, 0.1) is 12.8 Å². The zero-order valence-corrected chi connectivity index (χ0v) is 13.9. The van der Waals surface area contributed by atoms with Crippen molar-refractivity contribution < 1.29 is 13.2 Å². The molecule has 1 aromatic rings. The van der Waals surface area contributed by atoms with Crippen molar-refractivity contribution in [2.45, 2.75) is 24.7 Å².